The molecule has 0 unspecified atom stereocenters. The zero-order chi connectivity index (χ0) is 8.43. The molecule has 0 aliphatic heterocycles. The summed E-state index contributed by atoms with van der Waals surface area (Å²) < 4.78 is 12.6. The summed E-state index contributed by atoms with van der Waals surface area (Å²) in [7, 11) is 0. The molecule has 0 aliphatic rings. The first-order chi connectivity index (χ1) is 5.15. The van der Waals surface area contributed by atoms with Gasteiger partial charge in [-0.3, -0.25) is 0 Å². The van der Waals surface area contributed by atoms with Crippen LogP contribution >= 0.6 is 0 Å². The third kappa shape index (κ3) is 1.27. The Labute approximate surface area is 63.3 Å². The van der Waals surface area contributed by atoms with Crippen molar-refractivity contribution in [3.05, 3.63) is 23.1 Å². The molecule has 1 aromatic rings. The van der Waals surface area contributed by atoms with Crippen LogP contribution < -0.4 is 5.73 Å². The number of hydrogen-bond acceptors (Lipinski definition) is 3. The minimum absolute atomic E-state index is 0.165. The molecule has 1 rings (SSSR count). The van der Waals surface area contributed by atoms with E-state index in [9.17, 15) is 4.39 Å². The van der Waals surface area contributed by atoms with Gasteiger partial charge in [0, 0.05) is 0 Å². The van der Waals surface area contributed by atoms with Crippen molar-refractivity contribution in [2.24, 2.45) is 0 Å². The highest BCUT2D eigenvalue weighted by Crippen LogP contribution is 2.11. The molecule has 1 heterocycles. The lowest BCUT2D eigenvalue weighted by Crippen LogP contribution is -1.98. The predicted molar refractivity (Wildman–Crippen MR) is 38.1 cm³/mol. The van der Waals surface area contributed by atoms with Gasteiger partial charge in [-0.25, -0.2) is 9.37 Å². The SMILES string of the molecule is Cc1nc(N)c(F)cc1C#N. The number of anilines is 1. The number of rotatable bonds is 0. The van der Waals surface area contributed by atoms with Crippen LogP contribution in [0.1, 0.15) is 11.3 Å². The lowest BCUT2D eigenvalue weighted by molar-refractivity contribution is 0.625. The molecule has 3 nitrogen and oxygen atoms in total. The Morgan fingerprint density at radius 2 is 2.36 bits per heavy atom. The predicted octanol–water partition coefficient (Wildman–Crippen LogP) is 0.983. The standard InChI is InChI=1S/C7H6FN3/c1-4-5(3-9)2-6(8)7(10)11-4/h2H,1H3,(H2,10,11). The minimum Gasteiger partial charge on any atom is -0.381 e. The monoisotopic (exact) mass is 151 g/mol. The highest BCUT2D eigenvalue weighted by Gasteiger charge is 2.04. The molecule has 0 amide bonds. The van der Waals surface area contributed by atoms with Gasteiger partial charge in [-0.05, 0) is 13.0 Å². The molecule has 2 N–H and O–H groups in total. The van der Waals surface area contributed by atoms with Gasteiger partial charge in [0.15, 0.2) is 11.6 Å². The van der Waals surface area contributed by atoms with Gasteiger partial charge in [0.1, 0.15) is 6.07 Å². The molecule has 0 bridgehead atoms. The maximum atomic E-state index is 12.6. The van der Waals surface area contributed by atoms with Crippen LogP contribution in [0, 0.1) is 24.1 Å². The van der Waals surface area contributed by atoms with Crippen molar-refractivity contribution >= 4 is 5.82 Å². The summed E-state index contributed by atoms with van der Waals surface area (Å²) in [6, 6.07) is 2.89. The Kier molecular flexibility index (Phi) is 1.73. The van der Waals surface area contributed by atoms with Crippen LogP contribution in [0.15, 0.2) is 6.07 Å². The molecule has 0 saturated carbocycles. The van der Waals surface area contributed by atoms with Crippen LogP contribution in [-0.4, -0.2) is 4.98 Å². The molecular weight excluding hydrogens is 145 g/mol. The normalized spacial score (nSPS) is 9.18. The van der Waals surface area contributed by atoms with Crippen molar-refractivity contribution < 1.29 is 4.39 Å². The summed E-state index contributed by atoms with van der Waals surface area (Å²) in [5.41, 5.74) is 5.82. The minimum atomic E-state index is -0.646. The average Bonchev–Trinajstić information content (AvgIpc) is 1.97. The quantitative estimate of drug-likeness (QED) is 0.601. The van der Waals surface area contributed by atoms with Gasteiger partial charge < -0.3 is 5.73 Å². The molecule has 1 aromatic heterocycles. The molecule has 0 radical (unpaired) electrons. The number of halogens is 1. The largest absolute Gasteiger partial charge is 0.381 e. The number of pyridine rings is 1. The molecule has 0 saturated heterocycles. The van der Waals surface area contributed by atoms with E-state index in [-0.39, 0.29) is 11.4 Å². The van der Waals surface area contributed by atoms with Gasteiger partial charge >= 0.3 is 0 Å². The zero-order valence-electron chi connectivity index (χ0n) is 5.93. The smallest absolute Gasteiger partial charge is 0.166 e. The van der Waals surface area contributed by atoms with Gasteiger partial charge in [-0.15, -0.1) is 0 Å². The lowest BCUT2D eigenvalue weighted by Gasteiger charge is -1.98. The maximum absolute atomic E-state index is 12.6. The fourth-order valence-corrected chi connectivity index (χ4v) is 0.713. The number of hydrogen-bond donors (Lipinski definition) is 1. The van der Waals surface area contributed by atoms with E-state index in [4.69, 9.17) is 11.0 Å². The summed E-state index contributed by atoms with van der Waals surface area (Å²) in [4.78, 5) is 3.62. The van der Waals surface area contributed by atoms with Crippen LogP contribution in [0.25, 0.3) is 0 Å². The third-order valence-corrected chi connectivity index (χ3v) is 1.31. The summed E-state index contributed by atoms with van der Waals surface area (Å²) in [5, 5.41) is 8.44. The van der Waals surface area contributed by atoms with Crippen LogP contribution in [0.4, 0.5) is 10.2 Å². The Balaban J connectivity index is 3.35. The summed E-state index contributed by atoms with van der Waals surface area (Å²) in [5.74, 6) is -0.811. The number of nitriles is 1. The molecule has 0 atom stereocenters. The second kappa shape index (κ2) is 2.54. The fourth-order valence-electron chi connectivity index (χ4n) is 0.713. The first-order valence-electron chi connectivity index (χ1n) is 2.98. The van der Waals surface area contributed by atoms with Crippen molar-refractivity contribution in [3.63, 3.8) is 0 Å². The van der Waals surface area contributed by atoms with Gasteiger partial charge in [0.25, 0.3) is 0 Å². The average molecular weight is 151 g/mol. The first kappa shape index (κ1) is 7.48. The molecule has 56 valence electrons. The Morgan fingerprint density at radius 3 is 2.91 bits per heavy atom. The van der Waals surface area contributed by atoms with Gasteiger partial charge in [-0.2, -0.15) is 5.26 Å². The molecule has 0 aliphatic carbocycles. The molecule has 4 heteroatoms. The molecular formula is C7H6FN3. The molecule has 11 heavy (non-hydrogen) atoms. The van der Waals surface area contributed by atoms with Crippen molar-refractivity contribution in [2.75, 3.05) is 5.73 Å². The maximum Gasteiger partial charge on any atom is 0.166 e. The number of nitrogens with two attached hydrogens (primary N) is 1. The molecule has 0 fully saturated rings. The van der Waals surface area contributed by atoms with E-state index in [1.165, 1.54) is 0 Å². The second-order valence-electron chi connectivity index (χ2n) is 2.10. The number of aromatic nitrogens is 1. The number of nitrogen functional groups attached to an aromatic ring is 1. The van der Waals surface area contributed by atoms with Crippen molar-refractivity contribution in [2.45, 2.75) is 6.92 Å². The first-order valence-corrected chi connectivity index (χ1v) is 2.98. The van der Waals surface area contributed by atoms with Crippen molar-refractivity contribution in [1.82, 2.24) is 4.98 Å². The van der Waals surface area contributed by atoms with Crippen molar-refractivity contribution in [1.29, 1.82) is 5.26 Å². The topological polar surface area (TPSA) is 62.7 Å². The summed E-state index contributed by atoms with van der Waals surface area (Å²) in [6.45, 7) is 1.61. The van der Waals surface area contributed by atoms with Crippen LogP contribution in [0.3, 0.4) is 0 Å². The summed E-state index contributed by atoms with van der Waals surface area (Å²) in [6.07, 6.45) is 0. The third-order valence-electron chi connectivity index (χ3n) is 1.31. The van der Waals surface area contributed by atoms with E-state index in [0.29, 0.717) is 5.69 Å². The Morgan fingerprint density at radius 1 is 1.73 bits per heavy atom. The fraction of sp³-hybridized carbons (Fsp3) is 0.143. The van der Waals surface area contributed by atoms with Crippen LogP contribution in [0.2, 0.25) is 0 Å². The van der Waals surface area contributed by atoms with E-state index in [2.05, 4.69) is 4.98 Å². The molecule has 0 aromatic carbocycles. The molecule has 0 spiro atoms. The van der Waals surface area contributed by atoms with E-state index >= 15 is 0 Å². The van der Waals surface area contributed by atoms with E-state index < -0.39 is 5.82 Å². The highest BCUT2D eigenvalue weighted by atomic mass is 19.1. The van der Waals surface area contributed by atoms with E-state index in [0.717, 1.165) is 6.07 Å². The lowest BCUT2D eigenvalue weighted by atomic mass is 10.2. The van der Waals surface area contributed by atoms with E-state index in [1.54, 1.807) is 13.0 Å². The second-order valence-corrected chi connectivity index (χ2v) is 2.10. The van der Waals surface area contributed by atoms with Gasteiger partial charge in [-0.1, -0.05) is 0 Å². The van der Waals surface area contributed by atoms with Crippen molar-refractivity contribution in [3.8, 4) is 6.07 Å². The summed E-state index contributed by atoms with van der Waals surface area (Å²) >= 11 is 0. The Bertz CT molecular complexity index is 327. The highest BCUT2D eigenvalue weighted by molar-refractivity contribution is 5.41. The van der Waals surface area contributed by atoms with E-state index in [1.807, 2.05) is 0 Å². The number of nitrogens with zero attached hydrogens (tertiary/aromatic N) is 2. The number of aryl methyl sites for hydroxylation is 1. The van der Waals surface area contributed by atoms with Crippen LogP contribution in [-0.2, 0) is 0 Å². The van der Waals surface area contributed by atoms with Crippen LogP contribution in [0.5, 0.6) is 0 Å². The Hall–Kier alpha value is -1.63. The van der Waals surface area contributed by atoms with Gasteiger partial charge in [0.2, 0.25) is 0 Å². The zero-order valence-corrected chi connectivity index (χ0v) is 5.93. The van der Waals surface area contributed by atoms with Gasteiger partial charge in [0.05, 0.1) is 11.3 Å².